The van der Waals surface area contributed by atoms with E-state index in [0.717, 1.165) is 19.3 Å². The van der Waals surface area contributed by atoms with Crippen LogP contribution in [0.3, 0.4) is 0 Å². The number of hydrogen-bond donors (Lipinski definition) is 7. The molecule has 0 amide bonds. The van der Waals surface area contributed by atoms with Crippen molar-refractivity contribution in [3.05, 3.63) is 0 Å². The van der Waals surface area contributed by atoms with Gasteiger partial charge in [0, 0.05) is 0 Å². The zero-order chi connectivity index (χ0) is 22.9. The molecule has 168 valence electrons. The van der Waals surface area contributed by atoms with Crippen LogP contribution in [-0.4, -0.2) is 57.9 Å². The molecule has 0 aliphatic heterocycles. The fraction of sp³-hybridized carbons (Fsp3) is 0.833. The van der Waals surface area contributed by atoms with Crippen molar-refractivity contribution >= 4 is 17.9 Å². The molecule has 0 aromatic heterocycles. The largest absolute Gasteiger partial charge is 0.480 e. The summed E-state index contributed by atoms with van der Waals surface area (Å²) >= 11 is 0. The topological polar surface area (TPSA) is 216 Å². The zero-order valence-corrected chi connectivity index (χ0v) is 17.5. The van der Waals surface area contributed by atoms with Crippen LogP contribution in [0.5, 0.6) is 0 Å². The summed E-state index contributed by atoms with van der Waals surface area (Å²) in [6, 6.07) is -2.11. The van der Waals surface area contributed by atoms with Crippen molar-refractivity contribution in [1.82, 2.24) is 0 Å². The van der Waals surface area contributed by atoms with E-state index in [1.54, 1.807) is 0 Å². The van der Waals surface area contributed by atoms with Gasteiger partial charge >= 0.3 is 17.9 Å². The number of unbranched alkanes of at least 4 members (excludes halogenated alkanes) is 1. The van der Waals surface area contributed by atoms with E-state index in [-0.39, 0.29) is 5.92 Å². The van der Waals surface area contributed by atoms with E-state index in [1.165, 1.54) is 0 Å². The number of carboxylic acids is 3. The normalized spacial score (nSPS) is 14.5. The summed E-state index contributed by atoms with van der Waals surface area (Å²) in [5, 5.41) is 25.0. The van der Waals surface area contributed by atoms with Gasteiger partial charge in [0.15, 0.2) is 0 Å². The monoisotopic (exact) mass is 408 g/mol. The average Bonchev–Trinajstić information content (AvgIpc) is 2.60. The number of hydrogen-bond acceptors (Lipinski definition) is 7. The van der Waals surface area contributed by atoms with Crippen LogP contribution in [0.25, 0.3) is 0 Å². The first-order valence-corrected chi connectivity index (χ1v) is 9.46. The summed E-state index contributed by atoms with van der Waals surface area (Å²) in [7, 11) is 0. The Kier molecular flexibility index (Phi) is 20.6. The third-order valence-corrected chi connectivity index (χ3v) is 3.87. The third-order valence-electron chi connectivity index (χ3n) is 3.87. The molecule has 4 atom stereocenters. The van der Waals surface area contributed by atoms with E-state index in [9.17, 15) is 14.4 Å². The fourth-order valence-electron chi connectivity index (χ4n) is 1.74. The van der Waals surface area contributed by atoms with Crippen LogP contribution >= 0.6 is 0 Å². The SMILES string of the molecule is CC(C)C[C@H](N)C(=O)O.CC[C@H](C)[C@H](N)C(=O)O.NCCCC[C@H](N)C(=O)O. The summed E-state index contributed by atoms with van der Waals surface area (Å²) in [4.78, 5) is 30.4. The smallest absolute Gasteiger partial charge is 0.320 e. The minimum absolute atomic E-state index is 0.0718. The summed E-state index contributed by atoms with van der Waals surface area (Å²) in [5.41, 5.74) is 20.9. The first-order valence-electron chi connectivity index (χ1n) is 9.46. The molecule has 0 fully saturated rings. The predicted molar refractivity (Wildman–Crippen MR) is 109 cm³/mol. The van der Waals surface area contributed by atoms with E-state index in [4.69, 9.17) is 38.3 Å². The second-order valence-electron chi connectivity index (χ2n) is 7.05. The lowest BCUT2D eigenvalue weighted by atomic mass is 10.0. The van der Waals surface area contributed by atoms with E-state index in [2.05, 4.69) is 0 Å². The Morgan fingerprint density at radius 3 is 1.50 bits per heavy atom. The van der Waals surface area contributed by atoms with Crippen molar-refractivity contribution in [3.8, 4) is 0 Å². The lowest BCUT2D eigenvalue weighted by Crippen LogP contribution is -2.36. The number of nitrogens with two attached hydrogens (primary N) is 4. The molecule has 0 bridgehead atoms. The molecule has 0 aromatic rings. The van der Waals surface area contributed by atoms with Crippen LogP contribution in [-0.2, 0) is 14.4 Å². The molecule has 0 saturated heterocycles. The number of carboxylic acid groups (broad SMARTS) is 3. The van der Waals surface area contributed by atoms with Crippen LogP contribution in [0, 0.1) is 11.8 Å². The van der Waals surface area contributed by atoms with Crippen molar-refractivity contribution < 1.29 is 29.7 Å². The van der Waals surface area contributed by atoms with Crippen LogP contribution in [0.1, 0.15) is 59.8 Å². The van der Waals surface area contributed by atoms with Gasteiger partial charge in [0.05, 0.1) is 0 Å². The summed E-state index contributed by atoms with van der Waals surface area (Å²) in [5.74, 6) is -2.33. The van der Waals surface area contributed by atoms with Gasteiger partial charge in [-0.2, -0.15) is 0 Å². The van der Waals surface area contributed by atoms with E-state index < -0.39 is 36.0 Å². The van der Waals surface area contributed by atoms with Gasteiger partial charge < -0.3 is 38.3 Å². The lowest BCUT2D eigenvalue weighted by molar-refractivity contribution is -0.140. The maximum absolute atomic E-state index is 10.2. The Bertz CT molecular complexity index is 434. The highest BCUT2D eigenvalue weighted by Crippen LogP contribution is 2.04. The molecule has 0 heterocycles. The molecule has 0 aromatic carbocycles. The minimum Gasteiger partial charge on any atom is -0.480 e. The Labute approximate surface area is 167 Å². The summed E-state index contributed by atoms with van der Waals surface area (Å²) < 4.78 is 0. The molecule has 0 spiro atoms. The van der Waals surface area contributed by atoms with Gasteiger partial charge in [0.1, 0.15) is 18.1 Å². The van der Waals surface area contributed by atoms with Crippen molar-refractivity contribution in [2.75, 3.05) is 6.54 Å². The highest BCUT2D eigenvalue weighted by Gasteiger charge is 2.17. The number of aliphatic carboxylic acids is 3. The second-order valence-corrected chi connectivity index (χ2v) is 7.05. The highest BCUT2D eigenvalue weighted by molar-refractivity contribution is 5.73. The van der Waals surface area contributed by atoms with Crippen molar-refractivity contribution in [2.24, 2.45) is 34.8 Å². The molecule has 0 saturated carbocycles. The van der Waals surface area contributed by atoms with Crippen LogP contribution < -0.4 is 22.9 Å². The van der Waals surface area contributed by atoms with Gasteiger partial charge in [-0.05, 0) is 37.6 Å². The standard InChI is InChI=1S/C6H14N2O2.2C6H13NO2/c7-4-2-1-3-5(8)6(9)10;1-4(2)3-5(7)6(8)9;1-3-4(2)5(7)6(8)9/h5H,1-4,7-8H2,(H,9,10);2*4-5H,3,7H2,1-2H3,(H,8,9)/t2*5-;4-,5-/m000/s1. The highest BCUT2D eigenvalue weighted by atomic mass is 16.4. The molecule has 0 unspecified atom stereocenters. The molecule has 0 aliphatic rings. The number of rotatable bonds is 11. The zero-order valence-electron chi connectivity index (χ0n) is 17.5. The van der Waals surface area contributed by atoms with Crippen molar-refractivity contribution in [1.29, 1.82) is 0 Å². The fourth-order valence-corrected chi connectivity index (χ4v) is 1.74. The van der Waals surface area contributed by atoms with Crippen LogP contribution in [0.2, 0.25) is 0 Å². The van der Waals surface area contributed by atoms with Gasteiger partial charge in [-0.15, -0.1) is 0 Å². The Balaban J connectivity index is -0.000000336. The van der Waals surface area contributed by atoms with Gasteiger partial charge in [-0.1, -0.05) is 40.5 Å². The molecular formula is C18H40N4O6. The Morgan fingerprint density at radius 2 is 1.29 bits per heavy atom. The number of carbonyl (C=O) groups is 3. The van der Waals surface area contributed by atoms with Gasteiger partial charge in [-0.25, -0.2) is 0 Å². The van der Waals surface area contributed by atoms with Gasteiger partial charge in [-0.3, -0.25) is 14.4 Å². The van der Waals surface area contributed by atoms with E-state index >= 15 is 0 Å². The van der Waals surface area contributed by atoms with E-state index in [0.29, 0.717) is 25.3 Å². The molecular weight excluding hydrogens is 368 g/mol. The van der Waals surface area contributed by atoms with Gasteiger partial charge in [0.25, 0.3) is 0 Å². The summed E-state index contributed by atoms with van der Waals surface area (Å²) in [6.07, 6.45) is 3.53. The summed E-state index contributed by atoms with van der Waals surface area (Å²) in [6.45, 7) is 8.25. The maximum Gasteiger partial charge on any atom is 0.320 e. The first-order chi connectivity index (χ1) is 12.8. The van der Waals surface area contributed by atoms with Crippen LogP contribution in [0.15, 0.2) is 0 Å². The first kappa shape index (κ1) is 31.0. The quantitative estimate of drug-likeness (QED) is 0.234. The molecule has 0 rings (SSSR count). The van der Waals surface area contributed by atoms with Crippen LogP contribution in [0.4, 0.5) is 0 Å². The molecule has 11 N–H and O–H groups in total. The molecule has 10 nitrogen and oxygen atoms in total. The third kappa shape index (κ3) is 20.6. The minimum atomic E-state index is -0.933. The van der Waals surface area contributed by atoms with Gasteiger partial charge in [0.2, 0.25) is 0 Å². The van der Waals surface area contributed by atoms with E-state index in [1.807, 2.05) is 27.7 Å². The van der Waals surface area contributed by atoms with Crippen molar-refractivity contribution in [2.45, 2.75) is 77.9 Å². The molecule has 10 heteroatoms. The molecule has 0 aliphatic carbocycles. The Hall–Kier alpha value is -1.75. The predicted octanol–water partition coefficient (Wildman–Crippen LogP) is 0.416. The lowest BCUT2D eigenvalue weighted by Gasteiger charge is -2.11. The molecule has 28 heavy (non-hydrogen) atoms. The molecule has 0 radical (unpaired) electrons. The maximum atomic E-state index is 10.2. The average molecular weight is 409 g/mol. The Morgan fingerprint density at radius 1 is 0.821 bits per heavy atom. The van der Waals surface area contributed by atoms with Crippen molar-refractivity contribution in [3.63, 3.8) is 0 Å². The second kappa shape index (κ2) is 18.6.